The third kappa shape index (κ3) is 3.93. The molecule has 2 saturated heterocycles. The fourth-order valence-electron chi connectivity index (χ4n) is 3.12. The standard InChI is InChI=1S/C15H28N2O2/c1-12(14(18)19-15(2,3)4)17-10-6-9-16-8-5-7-13(16)11-17/h12-13H,5-11H2,1-4H3. The molecule has 110 valence electrons. The zero-order valence-electron chi connectivity index (χ0n) is 12.8. The molecule has 0 saturated carbocycles. The molecule has 2 atom stereocenters. The molecule has 0 radical (unpaired) electrons. The van der Waals surface area contributed by atoms with Gasteiger partial charge >= 0.3 is 5.97 Å². The lowest BCUT2D eigenvalue weighted by atomic mass is 10.1. The van der Waals surface area contributed by atoms with Crippen molar-refractivity contribution in [3.05, 3.63) is 0 Å². The van der Waals surface area contributed by atoms with Crippen LogP contribution in [-0.4, -0.2) is 59.6 Å². The molecule has 2 heterocycles. The Bertz CT molecular complexity index is 325. The highest BCUT2D eigenvalue weighted by Crippen LogP contribution is 2.23. The number of hydrogen-bond donors (Lipinski definition) is 0. The SMILES string of the molecule is CC(C(=O)OC(C)(C)C)N1CCCN2CCCC2C1. The smallest absolute Gasteiger partial charge is 0.323 e. The molecular formula is C15H28N2O2. The van der Waals surface area contributed by atoms with Crippen LogP contribution in [0.3, 0.4) is 0 Å². The molecule has 0 spiro atoms. The summed E-state index contributed by atoms with van der Waals surface area (Å²) in [6.07, 6.45) is 3.74. The fourth-order valence-corrected chi connectivity index (χ4v) is 3.12. The summed E-state index contributed by atoms with van der Waals surface area (Å²) in [4.78, 5) is 17.1. The van der Waals surface area contributed by atoms with Crippen molar-refractivity contribution in [2.24, 2.45) is 0 Å². The maximum atomic E-state index is 12.2. The Kier molecular flexibility index (Phi) is 4.51. The minimum atomic E-state index is -0.392. The summed E-state index contributed by atoms with van der Waals surface area (Å²) in [5, 5.41) is 0. The van der Waals surface area contributed by atoms with Crippen LogP contribution in [0.1, 0.15) is 47.0 Å². The second kappa shape index (κ2) is 5.80. The molecule has 2 rings (SSSR count). The molecule has 2 fully saturated rings. The van der Waals surface area contributed by atoms with Crippen molar-refractivity contribution >= 4 is 5.97 Å². The Labute approximate surface area is 117 Å². The van der Waals surface area contributed by atoms with Crippen LogP contribution in [0, 0.1) is 0 Å². The Hall–Kier alpha value is -0.610. The Morgan fingerprint density at radius 2 is 1.89 bits per heavy atom. The Balaban J connectivity index is 1.94. The summed E-state index contributed by atoms with van der Waals surface area (Å²) in [6, 6.07) is 0.521. The predicted octanol–water partition coefficient (Wildman–Crippen LogP) is 1.89. The Morgan fingerprint density at radius 3 is 2.58 bits per heavy atom. The zero-order valence-corrected chi connectivity index (χ0v) is 12.8. The second-order valence-corrected chi connectivity index (χ2v) is 6.89. The quantitative estimate of drug-likeness (QED) is 0.716. The van der Waals surface area contributed by atoms with Crippen molar-refractivity contribution in [3.63, 3.8) is 0 Å². The van der Waals surface area contributed by atoms with Crippen LogP contribution in [0.5, 0.6) is 0 Å². The van der Waals surface area contributed by atoms with E-state index in [9.17, 15) is 4.79 Å². The van der Waals surface area contributed by atoms with Gasteiger partial charge in [-0.1, -0.05) is 0 Å². The normalized spacial score (nSPS) is 27.7. The van der Waals surface area contributed by atoms with E-state index in [1.807, 2.05) is 27.7 Å². The third-order valence-corrected chi connectivity index (χ3v) is 4.13. The fraction of sp³-hybridized carbons (Fsp3) is 0.933. The third-order valence-electron chi connectivity index (χ3n) is 4.13. The van der Waals surface area contributed by atoms with E-state index in [2.05, 4.69) is 9.80 Å². The number of nitrogens with zero attached hydrogens (tertiary/aromatic N) is 2. The van der Waals surface area contributed by atoms with Crippen LogP contribution in [0.4, 0.5) is 0 Å². The van der Waals surface area contributed by atoms with Crippen molar-refractivity contribution in [3.8, 4) is 0 Å². The molecule has 2 aliphatic heterocycles. The molecule has 0 bridgehead atoms. The number of carbonyl (C=O) groups excluding carboxylic acids is 1. The number of hydrogen-bond acceptors (Lipinski definition) is 4. The molecule has 2 aliphatic rings. The molecule has 19 heavy (non-hydrogen) atoms. The average molecular weight is 268 g/mol. The minimum Gasteiger partial charge on any atom is -0.459 e. The van der Waals surface area contributed by atoms with Gasteiger partial charge in [-0.25, -0.2) is 0 Å². The van der Waals surface area contributed by atoms with Gasteiger partial charge in [-0.15, -0.1) is 0 Å². The summed E-state index contributed by atoms with van der Waals surface area (Å²) >= 11 is 0. The van der Waals surface area contributed by atoms with E-state index in [0.717, 1.165) is 19.5 Å². The average Bonchev–Trinajstić information content (AvgIpc) is 2.63. The van der Waals surface area contributed by atoms with Crippen LogP contribution in [0.2, 0.25) is 0 Å². The first-order chi connectivity index (χ1) is 8.87. The van der Waals surface area contributed by atoms with Gasteiger partial charge in [0.05, 0.1) is 0 Å². The van der Waals surface area contributed by atoms with Gasteiger partial charge in [0.2, 0.25) is 0 Å². The van der Waals surface area contributed by atoms with Gasteiger partial charge in [-0.2, -0.15) is 0 Å². The molecule has 4 nitrogen and oxygen atoms in total. The van der Waals surface area contributed by atoms with Gasteiger partial charge in [-0.3, -0.25) is 14.6 Å². The van der Waals surface area contributed by atoms with Crippen molar-refractivity contribution in [2.45, 2.75) is 64.6 Å². The van der Waals surface area contributed by atoms with Crippen molar-refractivity contribution < 1.29 is 9.53 Å². The topological polar surface area (TPSA) is 32.8 Å². The maximum absolute atomic E-state index is 12.2. The first-order valence-electron chi connectivity index (χ1n) is 7.58. The second-order valence-electron chi connectivity index (χ2n) is 6.89. The number of rotatable bonds is 2. The van der Waals surface area contributed by atoms with Gasteiger partial charge in [-0.05, 0) is 60.0 Å². The first kappa shape index (κ1) is 14.8. The van der Waals surface area contributed by atoms with E-state index < -0.39 is 5.60 Å². The summed E-state index contributed by atoms with van der Waals surface area (Å²) in [5.41, 5.74) is -0.392. The van der Waals surface area contributed by atoms with E-state index in [4.69, 9.17) is 4.74 Å². The van der Waals surface area contributed by atoms with Gasteiger partial charge in [0, 0.05) is 19.1 Å². The molecule has 0 aliphatic carbocycles. The molecule has 4 heteroatoms. The number of carbonyl (C=O) groups is 1. The summed E-state index contributed by atoms with van der Waals surface area (Å²) in [7, 11) is 0. The van der Waals surface area contributed by atoms with Crippen LogP contribution >= 0.6 is 0 Å². The predicted molar refractivity (Wildman–Crippen MR) is 76.1 cm³/mol. The minimum absolute atomic E-state index is 0.0843. The first-order valence-corrected chi connectivity index (χ1v) is 7.58. The van der Waals surface area contributed by atoms with Gasteiger partial charge in [0.25, 0.3) is 0 Å². The number of ether oxygens (including phenoxy) is 1. The lowest BCUT2D eigenvalue weighted by Crippen LogP contribution is -2.46. The monoisotopic (exact) mass is 268 g/mol. The summed E-state index contributed by atoms with van der Waals surface area (Å²) < 4.78 is 5.51. The highest BCUT2D eigenvalue weighted by molar-refractivity contribution is 5.75. The van der Waals surface area contributed by atoms with E-state index in [-0.39, 0.29) is 12.0 Å². The van der Waals surface area contributed by atoms with Crippen LogP contribution < -0.4 is 0 Å². The maximum Gasteiger partial charge on any atom is 0.323 e. The molecule has 0 amide bonds. The molecule has 0 aromatic rings. The van der Waals surface area contributed by atoms with Gasteiger partial charge in [0.1, 0.15) is 11.6 Å². The van der Waals surface area contributed by atoms with Crippen LogP contribution in [0.15, 0.2) is 0 Å². The van der Waals surface area contributed by atoms with Crippen LogP contribution in [0.25, 0.3) is 0 Å². The highest BCUT2D eigenvalue weighted by atomic mass is 16.6. The number of esters is 1. The molecular weight excluding hydrogens is 240 g/mol. The lowest BCUT2D eigenvalue weighted by Gasteiger charge is -2.31. The number of fused-ring (bicyclic) bond motifs is 1. The Morgan fingerprint density at radius 1 is 1.21 bits per heavy atom. The van der Waals surface area contributed by atoms with Gasteiger partial charge in [0.15, 0.2) is 0 Å². The van der Waals surface area contributed by atoms with E-state index >= 15 is 0 Å². The summed E-state index contributed by atoms with van der Waals surface area (Å²) in [6.45, 7) is 12.2. The van der Waals surface area contributed by atoms with Crippen molar-refractivity contribution in [1.29, 1.82) is 0 Å². The molecule has 0 N–H and O–H groups in total. The van der Waals surface area contributed by atoms with Crippen molar-refractivity contribution in [2.75, 3.05) is 26.2 Å². The van der Waals surface area contributed by atoms with E-state index in [0.29, 0.717) is 6.04 Å². The summed E-state index contributed by atoms with van der Waals surface area (Å²) in [5.74, 6) is -0.0843. The lowest BCUT2D eigenvalue weighted by molar-refractivity contribution is -0.160. The molecule has 2 unspecified atom stereocenters. The zero-order chi connectivity index (χ0) is 14.0. The van der Waals surface area contributed by atoms with E-state index in [1.54, 1.807) is 0 Å². The van der Waals surface area contributed by atoms with E-state index in [1.165, 1.54) is 25.9 Å². The molecule has 0 aromatic heterocycles. The molecule has 0 aromatic carbocycles. The van der Waals surface area contributed by atoms with Gasteiger partial charge < -0.3 is 4.74 Å². The van der Waals surface area contributed by atoms with Crippen molar-refractivity contribution in [1.82, 2.24) is 9.80 Å². The largest absolute Gasteiger partial charge is 0.459 e. The highest BCUT2D eigenvalue weighted by Gasteiger charge is 2.33. The van der Waals surface area contributed by atoms with Crippen LogP contribution in [-0.2, 0) is 9.53 Å².